The second-order valence-electron chi connectivity index (χ2n) is 6.24. The van der Waals surface area contributed by atoms with E-state index in [2.05, 4.69) is 10.3 Å². The van der Waals surface area contributed by atoms with Crippen molar-refractivity contribution in [2.45, 2.75) is 6.42 Å². The van der Waals surface area contributed by atoms with E-state index in [-0.39, 0.29) is 12.5 Å². The minimum Gasteiger partial charge on any atom is -0.361 e. The summed E-state index contributed by atoms with van der Waals surface area (Å²) in [6.45, 7) is 0.169. The zero-order chi connectivity index (χ0) is 19.5. The molecule has 3 heterocycles. The van der Waals surface area contributed by atoms with Crippen LogP contribution >= 0.6 is 23.1 Å². The van der Waals surface area contributed by atoms with Crippen LogP contribution < -0.4 is 5.32 Å². The average Bonchev–Trinajstić information content (AvgIpc) is 3.40. The largest absolute Gasteiger partial charge is 0.361 e. The Labute approximate surface area is 169 Å². The number of thioether (sulfide) groups is 1. The number of hydrogen-bond donors (Lipinski definition) is 2. The van der Waals surface area contributed by atoms with E-state index in [0.29, 0.717) is 17.9 Å². The third kappa shape index (κ3) is 3.88. The fourth-order valence-electron chi connectivity index (χ4n) is 3.01. The van der Waals surface area contributed by atoms with E-state index >= 15 is 0 Å². The maximum absolute atomic E-state index is 12.4. The number of rotatable bonds is 6. The smallest absolute Gasteiger partial charge is 0.294 e. The molecule has 8 heteroatoms. The zero-order valence-corrected chi connectivity index (χ0v) is 16.4. The van der Waals surface area contributed by atoms with Crippen molar-refractivity contribution < 1.29 is 14.4 Å². The van der Waals surface area contributed by atoms with E-state index < -0.39 is 11.1 Å². The maximum Gasteiger partial charge on any atom is 0.294 e. The summed E-state index contributed by atoms with van der Waals surface area (Å²) in [6, 6.07) is 11.7. The van der Waals surface area contributed by atoms with Crippen LogP contribution in [0.5, 0.6) is 0 Å². The Bertz CT molecular complexity index is 1070. The Hall–Kier alpha value is -2.84. The third-order valence-corrected chi connectivity index (χ3v) is 6.11. The van der Waals surface area contributed by atoms with Gasteiger partial charge in [-0.1, -0.05) is 24.3 Å². The van der Waals surface area contributed by atoms with Gasteiger partial charge in [0.1, 0.15) is 6.54 Å². The van der Waals surface area contributed by atoms with Gasteiger partial charge in [0.25, 0.3) is 11.1 Å². The summed E-state index contributed by atoms with van der Waals surface area (Å²) in [4.78, 5) is 42.2. The third-order valence-electron chi connectivity index (χ3n) is 4.38. The van der Waals surface area contributed by atoms with Gasteiger partial charge in [-0.15, -0.1) is 11.3 Å². The normalized spacial score (nSPS) is 15.7. The lowest BCUT2D eigenvalue weighted by Gasteiger charge is -2.12. The molecule has 6 nitrogen and oxygen atoms in total. The predicted octanol–water partition coefficient (Wildman–Crippen LogP) is 3.62. The molecular weight excluding hydrogens is 394 g/mol. The molecule has 0 spiro atoms. The molecule has 1 fully saturated rings. The number of para-hydroxylation sites is 1. The predicted molar refractivity (Wildman–Crippen MR) is 112 cm³/mol. The van der Waals surface area contributed by atoms with Crippen molar-refractivity contribution in [2.75, 3.05) is 13.1 Å². The van der Waals surface area contributed by atoms with Crippen molar-refractivity contribution in [2.24, 2.45) is 0 Å². The number of thiophene rings is 1. The molecule has 3 aromatic rings. The second kappa shape index (κ2) is 8.04. The van der Waals surface area contributed by atoms with E-state index in [0.717, 1.165) is 38.0 Å². The SMILES string of the molecule is O=C(CN1C(=O)S/C(=C\c2cccs2)C1=O)NCCc1c[nH]c2ccccc12. The highest BCUT2D eigenvalue weighted by atomic mass is 32.2. The van der Waals surface area contributed by atoms with Gasteiger partial charge in [-0.05, 0) is 47.3 Å². The molecule has 1 aliphatic rings. The number of imide groups is 1. The molecule has 1 saturated heterocycles. The van der Waals surface area contributed by atoms with Crippen LogP contribution in [0.2, 0.25) is 0 Å². The second-order valence-corrected chi connectivity index (χ2v) is 8.22. The van der Waals surface area contributed by atoms with Crippen LogP contribution in [0.3, 0.4) is 0 Å². The number of nitrogens with zero attached hydrogens (tertiary/aromatic N) is 1. The fraction of sp³-hybridized carbons (Fsp3) is 0.150. The molecule has 0 bridgehead atoms. The Morgan fingerprint density at radius 3 is 2.86 bits per heavy atom. The Balaban J connectivity index is 1.32. The molecule has 0 atom stereocenters. The number of carbonyl (C=O) groups is 3. The van der Waals surface area contributed by atoms with Gasteiger partial charge in [0.05, 0.1) is 4.91 Å². The minimum absolute atomic E-state index is 0.264. The molecule has 4 rings (SSSR count). The standard InChI is InChI=1S/C20H17N3O3S2/c24-18(21-8-7-13-11-22-16-6-2-1-5-15(13)16)12-23-19(25)17(28-20(23)26)10-14-4-3-9-27-14/h1-6,9-11,22H,7-8,12H2,(H,21,24)/b17-10-. The van der Waals surface area contributed by atoms with Gasteiger partial charge in [-0.25, -0.2) is 0 Å². The number of H-pyrrole nitrogens is 1. The van der Waals surface area contributed by atoms with Crippen LogP contribution in [-0.4, -0.2) is 40.0 Å². The summed E-state index contributed by atoms with van der Waals surface area (Å²) in [7, 11) is 0. The van der Waals surface area contributed by atoms with Gasteiger partial charge in [0, 0.05) is 28.5 Å². The lowest BCUT2D eigenvalue weighted by Crippen LogP contribution is -2.40. The number of benzene rings is 1. The van der Waals surface area contributed by atoms with E-state index in [1.807, 2.05) is 48.0 Å². The Morgan fingerprint density at radius 1 is 1.18 bits per heavy atom. The van der Waals surface area contributed by atoms with Crippen molar-refractivity contribution in [1.82, 2.24) is 15.2 Å². The summed E-state index contributed by atoms with van der Waals surface area (Å²) in [6.07, 6.45) is 4.28. The van der Waals surface area contributed by atoms with Gasteiger partial charge >= 0.3 is 0 Å². The molecule has 28 heavy (non-hydrogen) atoms. The number of amides is 3. The van der Waals surface area contributed by atoms with Crippen LogP contribution in [0.15, 0.2) is 52.9 Å². The van der Waals surface area contributed by atoms with Crippen LogP contribution in [0.4, 0.5) is 4.79 Å². The van der Waals surface area contributed by atoms with E-state index in [4.69, 9.17) is 0 Å². The van der Waals surface area contributed by atoms with Gasteiger partial charge in [-0.3, -0.25) is 19.3 Å². The Morgan fingerprint density at radius 2 is 2.04 bits per heavy atom. The van der Waals surface area contributed by atoms with E-state index in [1.165, 1.54) is 11.3 Å². The lowest BCUT2D eigenvalue weighted by molar-refractivity contribution is -0.129. The number of carbonyl (C=O) groups excluding carboxylic acids is 3. The topological polar surface area (TPSA) is 82.3 Å². The molecular formula is C20H17N3O3S2. The van der Waals surface area contributed by atoms with Gasteiger partial charge in [0.15, 0.2) is 0 Å². The quantitative estimate of drug-likeness (QED) is 0.607. The molecule has 1 aliphatic heterocycles. The van der Waals surface area contributed by atoms with Crippen LogP contribution in [0.1, 0.15) is 10.4 Å². The average molecular weight is 412 g/mol. The first kappa shape index (κ1) is 18.5. The number of aromatic amines is 1. The summed E-state index contributed by atoms with van der Waals surface area (Å²) in [5.41, 5.74) is 2.17. The lowest BCUT2D eigenvalue weighted by atomic mass is 10.1. The summed E-state index contributed by atoms with van der Waals surface area (Å²) < 4.78 is 0. The Kier molecular flexibility index (Phi) is 5.31. The molecule has 0 saturated carbocycles. The monoisotopic (exact) mass is 411 g/mol. The molecule has 2 aromatic heterocycles. The summed E-state index contributed by atoms with van der Waals surface area (Å²) in [5, 5.41) is 5.40. The van der Waals surface area contributed by atoms with E-state index in [1.54, 1.807) is 6.08 Å². The molecule has 3 amide bonds. The highest BCUT2D eigenvalue weighted by Crippen LogP contribution is 2.32. The summed E-state index contributed by atoms with van der Waals surface area (Å²) in [5.74, 6) is -0.769. The van der Waals surface area contributed by atoms with Crippen molar-refractivity contribution >= 4 is 57.1 Å². The molecule has 0 radical (unpaired) electrons. The highest BCUT2D eigenvalue weighted by Gasteiger charge is 2.36. The van der Waals surface area contributed by atoms with E-state index in [9.17, 15) is 14.4 Å². The minimum atomic E-state index is -0.421. The van der Waals surface area contributed by atoms with Gasteiger partial charge in [0.2, 0.25) is 5.91 Å². The first-order chi connectivity index (χ1) is 13.6. The van der Waals surface area contributed by atoms with Gasteiger partial charge in [-0.2, -0.15) is 0 Å². The van der Waals surface area contributed by atoms with Crippen molar-refractivity contribution in [3.05, 3.63) is 63.3 Å². The zero-order valence-electron chi connectivity index (χ0n) is 14.8. The first-order valence-corrected chi connectivity index (χ1v) is 10.4. The number of hydrogen-bond acceptors (Lipinski definition) is 5. The molecule has 1 aromatic carbocycles. The molecule has 2 N–H and O–H groups in total. The fourth-order valence-corrected chi connectivity index (χ4v) is 4.57. The first-order valence-electron chi connectivity index (χ1n) is 8.72. The molecule has 0 unspecified atom stereocenters. The van der Waals surface area contributed by atoms with Gasteiger partial charge < -0.3 is 10.3 Å². The summed E-state index contributed by atoms with van der Waals surface area (Å²) >= 11 is 2.35. The highest BCUT2D eigenvalue weighted by molar-refractivity contribution is 8.18. The number of nitrogens with one attached hydrogen (secondary N) is 2. The molecule has 142 valence electrons. The van der Waals surface area contributed by atoms with Crippen molar-refractivity contribution in [3.8, 4) is 0 Å². The maximum atomic E-state index is 12.4. The van der Waals surface area contributed by atoms with Crippen LogP contribution in [-0.2, 0) is 16.0 Å². The number of fused-ring (bicyclic) bond motifs is 1. The molecule has 0 aliphatic carbocycles. The van der Waals surface area contributed by atoms with Crippen molar-refractivity contribution in [3.63, 3.8) is 0 Å². The van der Waals surface area contributed by atoms with Crippen LogP contribution in [0, 0.1) is 0 Å². The van der Waals surface area contributed by atoms with Crippen molar-refractivity contribution in [1.29, 1.82) is 0 Å². The number of aromatic nitrogens is 1. The van der Waals surface area contributed by atoms with Crippen LogP contribution in [0.25, 0.3) is 17.0 Å².